The third kappa shape index (κ3) is 4.60. The van der Waals surface area contributed by atoms with Crippen LogP contribution < -0.4 is 4.72 Å². The van der Waals surface area contributed by atoms with Gasteiger partial charge in [0.15, 0.2) is 5.54 Å². The van der Waals surface area contributed by atoms with Crippen molar-refractivity contribution in [3.63, 3.8) is 0 Å². The molecule has 4 rings (SSSR count). The summed E-state index contributed by atoms with van der Waals surface area (Å²) in [5.74, 6) is -1.29. The molecule has 5 nitrogen and oxygen atoms in total. The highest BCUT2D eigenvalue weighted by Gasteiger charge is 2.70. The summed E-state index contributed by atoms with van der Waals surface area (Å²) in [4.78, 5) is 12.6. The maximum Gasteiger partial charge on any atom is 0.416 e. The highest BCUT2D eigenvalue weighted by Crippen LogP contribution is 2.58. The van der Waals surface area contributed by atoms with Crippen LogP contribution in [0.3, 0.4) is 0 Å². The molecule has 1 atom stereocenters. The van der Waals surface area contributed by atoms with Crippen molar-refractivity contribution in [3.05, 3.63) is 112 Å². The average Bonchev–Trinajstić information content (AvgIpc) is 2.85. The largest absolute Gasteiger partial charge is 0.466 e. The number of alkyl halides is 3. The van der Waals surface area contributed by atoms with Crippen LogP contribution in [0, 0.1) is 13.8 Å². The van der Waals surface area contributed by atoms with Gasteiger partial charge < -0.3 is 4.74 Å². The van der Waals surface area contributed by atoms with Crippen LogP contribution >= 0.6 is 0 Å². The normalized spacial score (nSPS) is 19.0. The second kappa shape index (κ2) is 9.64. The number of benzene rings is 3. The van der Waals surface area contributed by atoms with E-state index in [0.717, 1.165) is 12.7 Å². The van der Waals surface area contributed by atoms with Gasteiger partial charge in [0.1, 0.15) is 0 Å². The van der Waals surface area contributed by atoms with E-state index in [1.807, 2.05) is 4.72 Å². The predicted octanol–water partition coefficient (Wildman–Crippen LogP) is 5.61. The van der Waals surface area contributed by atoms with Crippen molar-refractivity contribution in [2.75, 3.05) is 7.11 Å². The number of methoxy groups -OCH3 is 1. The van der Waals surface area contributed by atoms with Crippen LogP contribution in [0.1, 0.15) is 22.3 Å². The molecule has 1 N–H and O–H groups in total. The van der Waals surface area contributed by atoms with Gasteiger partial charge in [-0.3, -0.25) is 0 Å². The number of halogens is 3. The summed E-state index contributed by atoms with van der Waals surface area (Å²) in [6.07, 6.45) is -3.96. The highest BCUT2D eigenvalue weighted by atomic mass is 32.2. The monoisotopic (exact) mass is 527 g/mol. The second-order valence-corrected chi connectivity index (χ2v) is 10.4. The van der Waals surface area contributed by atoms with Crippen LogP contribution in [0.25, 0.3) is 11.6 Å². The molecular formula is C28H24F3NO4S. The van der Waals surface area contributed by atoms with E-state index in [-0.39, 0.29) is 10.5 Å². The number of hydrogen-bond acceptors (Lipinski definition) is 4. The quantitative estimate of drug-likeness (QED) is 0.423. The number of carbonyl (C=O) groups excluding carboxylic acids is 1. The molecule has 0 heterocycles. The lowest BCUT2D eigenvalue weighted by molar-refractivity contribution is -0.175. The molecule has 0 aliphatic heterocycles. The molecule has 0 fully saturated rings. The number of nitrogens with one attached hydrogen (secondary N) is 1. The highest BCUT2D eigenvalue weighted by molar-refractivity contribution is 7.89. The number of rotatable bonds is 6. The van der Waals surface area contributed by atoms with E-state index in [1.54, 1.807) is 68.4 Å². The Bertz CT molecular complexity index is 1510. The van der Waals surface area contributed by atoms with Crippen molar-refractivity contribution >= 4 is 27.6 Å². The fourth-order valence-corrected chi connectivity index (χ4v) is 5.71. The van der Waals surface area contributed by atoms with Gasteiger partial charge in [-0.2, -0.15) is 17.9 Å². The van der Waals surface area contributed by atoms with E-state index in [1.165, 1.54) is 30.3 Å². The number of aryl methyl sites for hydroxylation is 2. The molecule has 3 aromatic carbocycles. The van der Waals surface area contributed by atoms with Gasteiger partial charge in [-0.15, -0.1) is 0 Å². The van der Waals surface area contributed by atoms with Crippen molar-refractivity contribution in [2.45, 2.75) is 30.5 Å². The van der Waals surface area contributed by atoms with Crippen LogP contribution in [0.2, 0.25) is 0 Å². The van der Waals surface area contributed by atoms with Gasteiger partial charge in [0, 0.05) is 5.57 Å². The van der Waals surface area contributed by atoms with Crippen molar-refractivity contribution in [1.82, 2.24) is 4.72 Å². The van der Waals surface area contributed by atoms with Gasteiger partial charge >= 0.3 is 12.1 Å². The van der Waals surface area contributed by atoms with E-state index in [0.29, 0.717) is 16.7 Å². The van der Waals surface area contributed by atoms with Gasteiger partial charge in [-0.05, 0) is 54.3 Å². The number of hydrogen-bond donors (Lipinski definition) is 1. The van der Waals surface area contributed by atoms with E-state index < -0.39 is 38.9 Å². The first-order chi connectivity index (χ1) is 17.4. The first-order valence-electron chi connectivity index (χ1n) is 11.3. The van der Waals surface area contributed by atoms with Gasteiger partial charge in [-0.1, -0.05) is 72.3 Å². The summed E-state index contributed by atoms with van der Waals surface area (Å²) >= 11 is 0. The zero-order chi connectivity index (χ0) is 27.0. The standard InChI is InChI=1S/C28H24F3NO4S/c1-18-13-15-22(16-14-18)37(34,35)32-27(28(29,30)31)23(17-21-12-8-7-9-19(21)2)24(25(27)26(33)36-3)20-10-5-4-6-11-20/h4-17,32H,1-3H3/b23-17+. The van der Waals surface area contributed by atoms with E-state index in [2.05, 4.69) is 0 Å². The van der Waals surface area contributed by atoms with Gasteiger partial charge in [0.05, 0.1) is 17.6 Å². The summed E-state index contributed by atoms with van der Waals surface area (Å²) in [7, 11) is -3.79. The lowest BCUT2D eigenvalue weighted by atomic mass is 9.63. The Morgan fingerprint density at radius 2 is 1.51 bits per heavy atom. The van der Waals surface area contributed by atoms with Crippen LogP contribution in [-0.4, -0.2) is 33.2 Å². The van der Waals surface area contributed by atoms with Crippen LogP contribution in [0.4, 0.5) is 13.2 Å². The van der Waals surface area contributed by atoms with Crippen molar-refractivity contribution in [1.29, 1.82) is 0 Å². The Balaban J connectivity index is 2.07. The molecular weight excluding hydrogens is 503 g/mol. The first-order valence-corrected chi connectivity index (χ1v) is 12.7. The molecule has 1 aliphatic carbocycles. The zero-order valence-corrected chi connectivity index (χ0v) is 21.1. The number of esters is 1. The van der Waals surface area contributed by atoms with E-state index in [9.17, 15) is 13.2 Å². The smallest absolute Gasteiger partial charge is 0.416 e. The Morgan fingerprint density at radius 3 is 2.08 bits per heavy atom. The van der Waals surface area contributed by atoms with Crippen LogP contribution in [0.15, 0.2) is 94.9 Å². The zero-order valence-electron chi connectivity index (χ0n) is 20.3. The summed E-state index contributed by atoms with van der Waals surface area (Å²) in [5, 5.41) is 0. The molecule has 0 amide bonds. The lowest BCUT2D eigenvalue weighted by Gasteiger charge is -2.48. The summed E-state index contributed by atoms with van der Waals surface area (Å²) < 4.78 is 78.7. The maximum atomic E-state index is 15.1. The maximum absolute atomic E-state index is 15.1. The minimum Gasteiger partial charge on any atom is -0.466 e. The molecule has 0 bridgehead atoms. The predicted molar refractivity (Wildman–Crippen MR) is 135 cm³/mol. The Kier molecular flexibility index (Phi) is 6.87. The van der Waals surface area contributed by atoms with Crippen LogP contribution in [0.5, 0.6) is 0 Å². The number of sulfonamides is 1. The Morgan fingerprint density at radius 1 is 0.919 bits per heavy atom. The first kappa shape index (κ1) is 26.4. The summed E-state index contributed by atoms with van der Waals surface area (Å²) in [6.45, 7) is 3.45. The Labute approximate surface area is 213 Å². The SMILES string of the molecule is COC(=O)C1=C(c2ccccc2)/C(=C\c2ccccc2C)C1(NS(=O)(=O)c1ccc(C)cc1)C(F)(F)F. The molecule has 0 saturated carbocycles. The molecule has 1 unspecified atom stereocenters. The number of ether oxygens (including phenoxy) is 1. The molecule has 0 aromatic heterocycles. The van der Waals surface area contributed by atoms with Crippen LogP contribution in [-0.2, 0) is 19.6 Å². The molecule has 0 saturated heterocycles. The molecule has 9 heteroatoms. The lowest BCUT2D eigenvalue weighted by Crippen LogP contribution is -2.67. The average molecular weight is 528 g/mol. The van der Waals surface area contributed by atoms with Crippen molar-refractivity contribution in [3.8, 4) is 0 Å². The minimum absolute atomic E-state index is 0.0420. The molecule has 37 heavy (non-hydrogen) atoms. The second-order valence-electron chi connectivity index (χ2n) is 8.69. The topological polar surface area (TPSA) is 72.5 Å². The minimum atomic E-state index is -5.24. The number of carbonyl (C=O) groups is 1. The Hall–Kier alpha value is -3.69. The fraction of sp³-hybridized carbons (Fsp3) is 0.179. The van der Waals surface area contributed by atoms with Crippen molar-refractivity contribution < 1.29 is 31.1 Å². The molecule has 1 aliphatic rings. The fourth-order valence-electron chi connectivity index (χ4n) is 4.36. The molecule has 0 spiro atoms. The molecule has 3 aromatic rings. The molecule has 0 radical (unpaired) electrons. The summed E-state index contributed by atoms with van der Waals surface area (Å²) in [5.41, 5.74) is -2.46. The summed E-state index contributed by atoms with van der Waals surface area (Å²) in [6, 6.07) is 20.2. The van der Waals surface area contributed by atoms with Gasteiger partial charge in [0.2, 0.25) is 10.0 Å². The third-order valence-corrected chi connectivity index (χ3v) is 7.75. The van der Waals surface area contributed by atoms with Crippen molar-refractivity contribution in [2.24, 2.45) is 0 Å². The third-order valence-electron chi connectivity index (χ3n) is 6.28. The van der Waals surface area contributed by atoms with Gasteiger partial charge in [0.25, 0.3) is 0 Å². The van der Waals surface area contributed by atoms with E-state index in [4.69, 9.17) is 4.74 Å². The molecule has 192 valence electrons. The van der Waals surface area contributed by atoms with E-state index >= 15 is 13.2 Å². The van der Waals surface area contributed by atoms with Gasteiger partial charge in [-0.25, -0.2) is 13.2 Å².